The van der Waals surface area contributed by atoms with Crippen molar-refractivity contribution in [2.45, 2.75) is 57.8 Å². The Balaban J connectivity index is 1.54. The molecule has 5 saturated carbocycles. The van der Waals surface area contributed by atoms with Crippen molar-refractivity contribution in [3.8, 4) is 0 Å². The molecule has 22 heavy (non-hydrogen) atoms. The first-order valence-corrected chi connectivity index (χ1v) is 10.2. The van der Waals surface area contributed by atoms with Gasteiger partial charge in [-0.2, -0.15) is 0 Å². The first-order valence-electron chi connectivity index (χ1n) is 10.2. The van der Waals surface area contributed by atoms with E-state index in [0.29, 0.717) is 0 Å². The molecule has 4 bridgehead atoms. The standard InChI is InChI=1S/C22H32/c1-2-17-18-9-6-10-19(20(17)14-7-4-3-5-8-14)22-16-12-11-15(13-16)21(18)22/h2,11-12,14-22H,1,3-10,13H2. The summed E-state index contributed by atoms with van der Waals surface area (Å²) in [6, 6.07) is 0. The van der Waals surface area contributed by atoms with Gasteiger partial charge in [0.2, 0.25) is 0 Å². The molecule has 8 unspecified atom stereocenters. The van der Waals surface area contributed by atoms with Crippen LogP contribution in [0.3, 0.4) is 0 Å². The molecule has 0 aromatic carbocycles. The van der Waals surface area contributed by atoms with Crippen LogP contribution < -0.4 is 0 Å². The van der Waals surface area contributed by atoms with Crippen molar-refractivity contribution in [1.82, 2.24) is 0 Å². The summed E-state index contributed by atoms with van der Waals surface area (Å²) in [6.45, 7) is 4.35. The molecular formula is C22H32. The minimum absolute atomic E-state index is 0.851. The number of hydrogen-bond acceptors (Lipinski definition) is 0. The number of rotatable bonds is 2. The van der Waals surface area contributed by atoms with E-state index in [1.807, 2.05) is 0 Å². The van der Waals surface area contributed by atoms with Crippen molar-refractivity contribution >= 4 is 0 Å². The zero-order valence-corrected chi connectivity index (χ0v) is 14.0. The third-order valence-corrected chi connectivity index (χ3v) is 8.55. The summed E-state index contributed by atoms with van der Waals surface area (Å²) in [6.07, 6.45) is 21.3. The SMILES string of the molecule is C=CC1C2CCCC(C1C1CCCCC1)C1C3C=CC(C3)C21. The second-order valence-electron chi connectivity index (χ2n) is 9.15. The Bertz CT molecular complexity index is 468. The monoisotopic (exact) mass is 296 g/mol. The average Bonchev–Trinajstić information content (AvgIpc) is 3.07. The van der Waals surface area contributed by atoms with Gasteiger partial charge in [-0.15, -0.1) is 6.58 Å². The highest BCUT2D eigenvalue weighted by Crippen LogP contribution is 2.66. The normalized spacial score (nSPS) is 53.5. The maximum atomic E-state index is 4.35. The van der Waals surface area contributed by atoms with Crippen LogP contribution in [-0.4, -0.2) is 0 Å². The molecule has 0 N–H and O–H groups in total. The highest BCUT2D eigenvalue weighted by Gasteiger charge is 2.59. The van der Waals surface area contributed by atoms with E-state index in [4.69, 9.17) is 0 Å². The molecule has 0 radical (unpaired) electrons. The van der Waals surface area contributed by atoms with Gasteiger partial charge in [0.25, 0.3) is 0 Å². The van der Waals surface area contributed by atoms with Crippen molar-refractivity contribution in [1.29, 1.82) is 0 Å². The molecule has 120 valence electrons. The molecule has 0 spiro atoms. The molecule has 6 aliphatic carbocycles. The largest absolute Gasteiger partial charge is 0.103 e. The van der Waals surface area contributed by atoms with E-state index in [1.165, 1.54) is 51.4 Å². The second-order valence-corrected chi connectivity index (χ2v) is 9.15. The molecule has 0 aromatic heterocycles. The predicted molar refractivity (Wildman–Crippen MR) is 92.3 cm³/mol. The van der Waals surface area contributed by atoms with Gasteiger partial charge < -0.3 is 0 Å². The van der Waals surface area contributed by atoms with E-state index in [9.17, 15) is 0 Å². The van der Waals surface area contributed by atoms with E-state index < -0.39 is 0 Å². The van der Waals surface area contributed by atoms with Crippen molar-refractivity contribution < 1.29 is 0 Å². The van der Waals surface area contributed by atoms with Gasteiger partial charge in [0.1, 0.15) is 0 Å². The summed E-state index contributed by atoms with van der Waals surface area (Å²) >= 11 is 0. The fourth-order valence-corrected chi connectivity index (χ4v) is 8.06. The molecule has 6 rings (SSSR count). The van der Waals surface area contributed by atoms with E-state index >= 15 is 0 Å². The average molecular weight is 296 g/mol. The summed E-state index contributed by atoms with van der Waals surface area (Å²) in [5.41, 5.74) is 0. The van der Waals surface area contributed by atoms with Crippen LogP contribution in [0.4, 0.5) is 0 Å². The Labute approximate surface area is 136 Å². The smallest absolute Gasteiger partial charge is 0.0171 e. The lowest BCUT2D eigenvalue weighted by molar-refractivity contribution is -0.0268. The van der Waals surface area contributed by atoms with Crippen LogP contribution in [0.5, 0.6) is 0 Å². The zero-order chi connectivity index (χ0) is 14.7. The summed E-state index contributed by atoms with van der Waals surface area (Å²) in [5, 5.41) is 0. The van der Waals surface area contributed by atoms with Gasteiger partial charge in [-0.1, -0.05) is 56.8 Å². The first kappa shape index (κ1) is 13.9. The molecule has 5 fully saturated rings. The summed E-state index contributed by atoms with van der Waals surface area (Å²) in [7, 11) is 0. The molecule has 0 amide bonds. The van der Waals surface area contributed by atoms with Crippen LogP contribution in [0.25, 0.3) is 0 Å². The van der Waals surface area contributed by atoms with Crippen LogP contribution in [0.15, 0.2) is 24.8 Å². The Morgan fingerprint density at radius 2 is 1.41 bits per heavy atom. The van der Waals surface area contributed by atoms with Crippen molar-refractivity contribution in [3.63, 3.8) is 0 Å². The topological polar surface area (TPSA) is 0 Å². The van der Waals surface area contributed by atoms with Crippen LogP contribution in [0, 0.1) is 53.3 Å². The molecule has 0 heteroatoms. The Kier molecular flexibility index (Phi) is 3.31. The van der Waals surface area contributed by atoms with Crippen LogP contribution in [-0.2, 0) is 0 Å². The molecule has 0 heterocycles. The lowest BCUT2D eigenvalue weighted by Crippen LogP contribution is -2.48. The molecule has 0 saturated heterocycles. The Hall–Kier alpha value is -0.520. The highest BCUT2D eigenvalue weighted by molar-refractivity contribution is 5.20. The maximum Gasteiger partial charge on any atom is -0.0171 e. The van der Waals surface area contributed by atoms with Crippen LogP contribution in [0.2, 0.25) is 0 Å². The van der Waals surface area contributed by atoms with Gasteiger partial charge in [0.15, 0.2) is 0 Å². The fourth-order valence-electron chi connectivity index (χ4n) is 8.06. The molecular weight excluding hydrogens is 264 g/mol. The van der Waals surface area contributed by atoms with Gasteiger partial charge in [0.05, 0.1) is 0 Å². The van der Waals surface area contributed by atoms with E-state index in [1.54, 1.807) is 6.42 Å². The highest BCUT2D eigenvalue weighted by atomic mass is 14.6. The van der Waals surface area contributed by atoms with Gasteiger partial charge >= 0.3 is 0 Å². The van der Waals surface area contributed by atoms with E-state index in [0.717, 1.165) is 53.3 Å². The van der Waals surface area contributed by atoms with Crippen LogP contribution >= 0.6 is 0 Å². The van der Waals surface area contributed by atoms with E-state index in [2.05, 4.69) is 24.8 Å². The molecule has 6 aliphatic rings. The molecule has 0 aromatic rings. The van der Waals surface area contributed by atoms with Gasteiger partial charge in [-0.3, -0.25) is 0 Å². The number of allylic oxidation sites excluding steroid dienone is 3. The lowest BCUT2D eigenvalue weighted by atomic mass is 9.52. The molecule has 8 atom stereocenters. The summed E-state index contributed by atoms with van der Waals surface area (Å²) in [5.74, 6) is 8.89. The summed E-state index contributed by atoms with van der Waals surface area (Å²) < 4.78 is 0. The summed E-state index contributed by atoms with van der Waals surface area (Å²) in [4.78, 5) is 0. The quantitative estimate of drug-likeness (QED) is 0.560. The Morgan fingerprint density at radius 1 is 0.727 bits per heavy atom. The lowest BCUT2D eigenvalue weighted by Gasteiger charge is -2.53. The van der Waals surface area contributed by atoms with Gasteiger partial charge in [-0.05, 0) is 72.5 Å². The van der Waals surface area contributed by atoms with Crippen LogP contribution in [0.1, 0.15) is 57.8 Å². The number of fused-ring (bicyclic) bond motifs is 5. The van der Waals surface area contributed by atoms with E-state index in [-0.39, 0.29) is 0 Å². The minimum atomic E-state index is 0.851. The zero-order valence-electron chi connectivity index (χ0n) is 14.0. The predicted octanol–water partition coefficient (Wildman–Crippen LogP) is 5.85. The van der Waals surface area contributed by atoms with Crippen molar-refractivity contribution in [2.75, 3.05) is 0 Å². The third-order valence-electron chi connectivity index (χ3n) is 8.55. The molecule has 0 nitrogen and oxygen atoms in total. The fraction of sp³-hybridized carbons (Fsp3) is 0.818. The minimum Gasteiger partial charge on any atom is -0.103 e. The van der Waals surface area contributed by atoms with Crippen molar-refractivity contribution in [3.05, 3.63) is 24.8 Å². The van der Waals surface area contributed by atoms with Gasteiger partial charge in [0, 0.05) is 0 Å². The third kappa shape index (κ3) is 1.82. The second kappa shape index (κ2) is 5.25. The first-order chi connectivity index (χ1) is 10.9. The number of hydrogen-bond donors (Lipinski definition) is 0. The van der Waals surface area contributed by atoms with Crippen molar-refractivity contribution in [2.24, 2.45) is 53.3 Å². The Morgan fingerprint density at radius 3 is 2.14 bits per heavy atom. The molecule has 0 aliphatic heterocycles. The van der Waals surface area contributed by atoms with Gasteiger partial charge in [-0.25, -0.2) is 0 Å². The maximum absolute atomic E-state index is 4.35.